The zero-order valence-corrected chi connectivity index (χ0v) is 8.20. The summed E-state index contributed by atoms with van der Waals surface area (Å²) in [5.74, 6) is 0.944. The molecule has 0 atom stereocenters. The van der Waals surface area contributed by atoms with Crippen LogP contribution in [0.5, 0.6) is 0 Å². The van der Waals surface area contributed by atoms with E-state index in [1.54, 1.807) is 0 Å². The third-order valence-electron chi connectivity index (χ3n) is 2.06. The Morgan fingerprint density at radius 3 is 1.14 bits per heavy atom. The largest absolute Gasteiger partial charge is 0.0776 e. The lowest BCUT2D eigenvalue weighted by molar-refractivity contribution is 0.282. The van der Waals surface area contributed by atoms with Gasteiger partial charge in [0.05, 0.1) is 0 Å². The van der Waals surface area contributed by atoms with Crippen LogP contribution in [0, 0.1) is 11.3 Å². The fraction of sp³-hybridized carbons (Fsp3) is 1.00. The predicted molar refractivity (Wildman–Crippen MR) is 75.1 cm³/mol. The van der Waals surface area contributed by atoms with Crippen molar-refractivity contribution in [3.8, 4) is 0 Å². The summed E-state index contributed by atoms with van der Waals surface area (Å²) in [6.45, 7) is 11.6. The fourth-order valence-corrected chi connectivity index (χ4v) is 1.44. The van der Waals surface area contributed by atoms with E-state index in [-0.39, 0.29) is 29.7 Å². The van der Waals surface area contributed by atoms with Crippen LogP contribution in [0.15, 0.2) is 0 Å². The van der Waals surface area contributed by atoms with Crippen molar-refractivity contribution in [2.75, 3.05) is 0 Å². The van der Waals surface area contributed by atoms with Crippen LogP contribution >= 0.6 is 0 Å². The summed E-state index contributed by atoms with van der Waals surface area (Å²) in [6.07, 6.45) is 4.06. The average Bonchev–Trinajstić information content (AvgIpc) is 1.81. The van der Waals surface area contributed by atoms with Crippen molar-refractivity contribution in [2.45, 2.75) is 83.6 Å². The highest BCUT2D eigenvalue weighted by atomic mass is 14.2. The van der Waals surface area contributed by atoms with Crippen molar-refractivity contribution in [3.63, 3.8) is 0 Å². The molecule has 0 aromatic carbocycles. The summed E-state index contributed by atoms with van der Waals surface area (Å²) in [4.78, 5) is 0. The summed E-state index contributed by atoms with van der Waals surface area (Å²) in [7, 11) is 0. The van der Waals surface area contributed by atoms with Gasteiger partial charge in [-0.3, -0.25) is 0 Å². The molecule has 0 nitrogen and oxygen atoms in total. The number of hydrogen-bond acceptors (Lipinski definition) is 0. The lowest BCUT2D eigenvalue weighted by Gasteiger charge is -2.23. The monoisotopic (exact) mass is 206 g/mol. The van der Waals surface area contributed by atoms with Gasteiger partial charge < -0.3 is 0 Å². The first kappa shape index (κ1) is 29.2. The summed E-state index contributed by atoms with van der Waals surface area (Å²) in [6, 6.07) is 0. The maximum Gasteiger partial charge on any atom is -0.0380 e. The lowest BCUT2D eigenvalue weighted by atomic mass is 9.82. The van der Waals surface area contributed by atoms with E-state index in [9.17, 15) is 0 Å². The Hall–Kier alpha value is 0. The molecule has 94 valence electrons. The molecule has 0 saturated heterocycles. The maximum atomic E-state index is 2.32. The highest BCUT2D eigenvalue weighted by Gasteiger charge is 2.15. The Labute approximate surface area is 95.5 Å². The number of rotatable bonds is 3. The molecule has 0 heteroatoms. The van der Waals surface area contributed by atoms with E-state index in [0.29, 0.717) is 5.41 Å². The van der Waals surface area contributed by atoms with Crippen LogP contribution in [0.25, 0.3) is 0 Å². The second-order valence-electron chi connectivity index (χ2n) is 4.45. The molecule has 0 spiro atoms. The standard InChI is InChI=1S/C10H22.4CH4/c1-6-9(7-2)8-10(3,4)5;;;;/h9H,6-8H2,1-5H3;4*1H4. The van der Waals surface area contributed by atoms with E-state index in [4.69, 9.17) is 0 Å². The Morgan fingerprint density at radius 1 is 0.786 bits per heavy atom. The van der Waals surface area contributed by atoms with Gasteiger partial charge in [0.1, 0.15) is 0 Å². The molecular weight excluding hydrogens is 168 g/mol. The zero-order chi connectivity index (χ0) is 8.20. The molecule has 0 heterocycles. The molecule has 0 rings (SSSR count). The fourth-order valence-electron chi connectivity index (χ4n) is 1.44. The predicted octanol–water partition coefficient (Wildman–Crippen LogP) is 6.40. The van der Waals surface area contributed by atoms with Gasteiger partial charge in [0.25, 0.3) is 0 Å². The molecule has 0 aliphatic rings. The molecular formula is C14H38. The second-order valence-corrected chi connectivity index (χ2v) is 4.45. The van der Waals surface area contributed by atoms with Gasteiger partial charge in [-0.15, -0.1) is 0 Å². The Morgan fingerprint density at radius 2 is 1.07 bits per heavy atom. The normalized spacial score (nSPS) is 9.00. The third kappa shape index (κ3) is 17.9. The lowest BCUT2D eigenvalue weighted by Crippen LogP contribution is -2.11. The van der Waals surface area contributed by atoms with Crippen LogP contribution in [0.2, 0.25) is 0 Å². The maximum absolute atomic E-state index is 2.32. The molecule has 0 radical (unpaired) electrons. The van der Waals surface area contributed by atoms with Crippen LogP contribution in [-0.4, -0.2) is 0 Å². The van der Waals surface area contributed by atoms with Crippen molar-refractivity contribution in [2.24, 2.45) is 11.3 Å². The molecule has 0 aliphatic heterocycles. The summed E-state index contributed by atoms with van der Waals surface area (Å²) >= 11 is 0. The SMILES string of the molecule is C.C.C.C.CCC(CC)CC(C)(C)C. The van der Waals surface area contributed by atoms with E-state index in [2.05, 4.69) is 34.6 Å². The Kier molecular flexibility index (Phi) is 27.1. The molecule has 0 unspecified atom stereocenters. The highest BCUT2D eigenvalue weighted by molar-refractivity contribution is 4.66. The van der Waals surface area contributed by atoms with Crippen molar-refractivity contribution in [3.05, 3.63) is 0 Å². The quantitative estimate of drug-likeness (QED) is 0.501. The second kappa shape index (κ2) is 13.0. The van der Waals surface area contributed by atoms with Crippen LogP contribution in [-0.2, 0) is 0 Å². The van der Waals surface area contributed by atoms with Gasteiger partial charge in [-0.2, -0.15) is 0 Å². The molecule has 0 N–H and O–H groups in total. The molecule has 0 aliphatic carbocycles. The first-order valence-electron chi connectivity index (χ1n) is 4.49. The smallest absolute Gasteiger partial charge is 0.0380 e. The molecule has 0 amide bonds. The van der Waals surface area contributed by atoms with Gasteiger partial charge >= 0.3 is 0 Å². The average molecular weight is 206 g/mol. The minimum absolute atomic E-state index is 0. The van der Waals surface area contributed by atoms with Crippen LogP contribution in [0.1, 0.15) is 83.6 Å². The first-order chi connectivity index (χ1) is 4.49. The van der Waals surface area contributed by atoms with Crippen LogP contribution < -0.4 is 0 Å². The Balaban J connectivity index is -0.0000000675. The van der Waals surface area contributed by atoms with Gasteiger partial charge in [0, 0.05) is 0 Å². The first-order valence-corrected chi connectivity index (χ1v) is 4.49. The van der Waals surface area contributed by atoms with Gasteiger partial charge in [-0.1, -0.05) is 77.2 Å². The molecule has 14 heavy (non-hydrogen) atoms. The zero-order valence-electron chi connectivity index (χ0n) is 8.20. The van der Waals surface area contributed by atoms with E-state index in [0.717, 1.165) is 5.92 Å². The summed E-state index contributed by atoms with van der Waals surface area (Å²) in [5, 5.41) is 0. The minimum atomic E-state index is 0. The summed E-state index contributed by atoms with van der Waals surface area (Å²) < 4.78 is 0. The third-order valence-corrected chi connectivity index (χ3v) is 2.06. The van der Waals surface area contributed by atoms with E-state index >= 15 is 0 Å². The Bertz CT molecular complexity index is 72.5. The molecule has 0 aromatic rings. The van der Waals surface area contributed by atoms with Crippen molar-refractivity contribution in [1.82, 2.24) is 0 Å². The van der Waals surface area contributed by atoms with E-state index < -0.39 is 0 Å². The van der Waals surface area contributed by atoms with Gasteiger partial charge in [-0.05, 0) is 17.8 Å². The van der Waals surface area contributed by atoms with Crippen LogP contribution in [0.4, 0.5) is 0 Å². The van der Waals surface area contributed by atoms with Gasteiger partial charge in [-0.25, -0.2) is 0 Å². The molecule has 0 bridgehead atoms. The van der Waals surface area contributed by atoms with Crippen molar-refractivity contribution < 1.29 is 0 Å². The van der Waals surface area contributed by atoms with Crippen molar-refractivity contribution >= 4 is 0 Å². The molecule has 0 saturated carbocycles. The van der Waals surface area contributed by atoms with Crippen molar-refractivity contribution in [1.29, 1.82) is 0 Å². The number of hydrogen-bond donors (Lipinski definition) is 0. The highest BCUT2D eigenvalue weighted by Crippen LogP contribution is 2.27. The topological polar surface area (TPSA) is 0 Å². The van der Waals surface area contributed by atoms with Crippen LogP contribution in [0.3, 0.4) is 0 Å². The summed E-state index contributed by atoms with van der Waals surface area (Å²) in [5.41, 5.74) is 0.524. The molecule has 0 fully saturated rings. The minimum Gasteiger partial charge on any atom is -0.0776 e. The van der Waals surface area contributed by atoms with Gasteiger partial charge in [0.2, 0.25) is 0 Å². The van der Waals surface area contributed by atoms with E-state index in [1.165, 1.54) is 19.3 Å². The van der Waals surface area contributed by atoms with E-state index in [1.807, 2.05) is 0 Å². The molecule has 0 aromatic heterocycles. The van der Waals surface area contributed by atoms with Gasteiger partial charge in [0.15, 0.2) is 0 Å².